The first-order chi connectivity index (χ1) is 8.61. The maximum absolute atomic E-state index is 13.7. The largest absolute Gasteiger partial charge is 0.357 e. The van der Waals surface area contributed by atoms with Gasteiger partial charge in [-0.1, -0.05) is 13.8 Å². The molecule has 1 aromatic rings. The maximum Gasteiger partial charge on any atom is 0.224 e. The minimum absolute atomic E-state index is 0.354. The smallest absolute Gasteiger partial charge is 0.224 e. The molecule has 1 N–H and O–H groups in total. The van der Waals surface area contributed by atoms with Gasteiger partial charge >= 0.3 is 0 Å². The van der Waals surface area contributed by atoms with Crippen molar-refractivity contribution >= 4 is 11.8 Å². The van der Waals surface area contributed by atoms with Crippen LogP contribution < -0.4 is 10.2 Å². The standard InChI is InChI=1S/C13H21FN4/c1-4-5-15-13-16-7-11(14)12(17-13)18(3)8-10-6-9(10)2/h7,9-10H,4-6,8H2,1-3H3,(H,15,16,17). The van der Waals surface area contributed by atoms with Crippen LogP contribution >= 0.6 is 0 Å². The Bertz CT molecular complexity index is 410. The van der Waals surface area contributed by atoms with E-state index in [0.29, 0.717) is 17.7 Å². The Morgan fingerprint density at radius 1 is 1.56 bits per heavy atom. The van der Waals surface area contributed by atoms with Gasteiger partial charge in [0.25, 0.3) is 0 Å². The van der Waals surface area contributed by atoms with Crippen molar-refractivity contribution in [1.82, 2.24) is 9.97 Å². The van der Waals surface area contributed by atoms with Crippen LogP contribution in [0.3, 0.4) is 0 Å². The fourth-order valence-corrected chi connectivity index (χ4v) is 2.04. The zero-order valence-corrected chi connectivity index (χ0v) is 11.3. The van der Waals surface area contributed by atoms with Crippen molar-refractivity contribution in [3.8, 4) is 0 Å². The Labute approximate surface area is 108 Å². The van der Waals surface area contributed by atoms with Crippen LogP contribution in [0.25, 0.3) is 0 Å². The van der Waals surface area contributed by atoms with E-state index in [4.69, 9.17) is 0 Å². The number of nitrogens with one attached hydrogen (secondary N) is 1. The summed E-state index contributed by atoms with van der Waals surface area (Å²) in [6, 6.07) is 0. The molecule has 1 aliphatic rings. The van der Waals surface area contributed by atoms with E-state index in [0.717, 1.165) is 25.4 Å². The third kappa shape index (κ3) is 3.09. The van der Waals surface area contributed by atoms with Crippen molar-refractivity contribution in [1.29, 1.82) is 0 Å². The Hall–Kier alpha value is -1.39. The summed E-state index contributed by atoms with van der Waals surface area (Å²) in [4.78, 5) is 10.1. The zero-order valence-electron chi connectivity index (χ0n) is 11.3. The molecule has 18 heavy (non-hydrogen) atoms. The van der Waals surface area contributed by atoms with Gasteiger partial charge in [-0.3, -0.25) is 0 Å². The number of rotatable bonds is 6. The molecular formula is C13H21FN4. The number of hydrogen-bond donors (Lipinski definition) is 1. The van der Waals surface area contributed by atoms with Crippen molar-refractivity contribution < 1.29 is 4.39 Å². The highest BCUT2D eigenvalue weighted by molar-refractivity contribution is 5.43. The van der Waals surface area contributed by atoms with Crippen LogP contribution in [-0.2, 0) is 0 Å². The summed E-state index contributed by atoms with van der Waals surface area (Å²) in [7, 11) is 1.89. The molecule has 0 radical (unpaired) electrons. The molecular weight excluding hydrogens is 231 g/mol. The first kappa shape index (κ1) is 13.1. The quantitative estimate of drug-likeness (QED) is 0.844. The van der Waals surface area contributed by atoms with Gasteiger partial charge in [0.05, 0.1) is 6.20 Å². The molecule has 0 spiro atoms. The van der Waals surface area contributed by atoms with Crippen LogP contribution in [0.5, 0.6) is 0 Å². The van der Waals surface area contributed by atoms with Crippen molar-refractivity contribution in [2.45, 2.75) is 26.7 Å². The number of aromatic nitrogens is 2. The summed E-state index contributed by atoms with van der Waals surface area (Å²) in [6.45, 7) is 5.96. The van der Waals surface area contributed by atoms with Gasteiger partial charge in [-0.2, -0.15) is 4.98 Å². The lowest BCUT2D eigenvalue weighted by Crippen LogP contribution is -2.23. The van der Waals surface area contributed by atoms with Crippen LogP contribution in [-0.4, -0.2) is 30.1 Å². The van der Waals surface area contributed by atoms with E-state index in [-0.39, 0.29) is 5.82 Å². The fourth-order valence-electron chi connectivity index (χ4n) is 2.04. The molecule has 1 heterocycles. The molecule has 1 saturated carbocycles. The Kier molecular flexibility index (Phi) is 3.99. The summed E-state index contributed by atoms with van der Waals surface area (Å²) >= 11 is 0. The number of hydrogen-bond acceptors (Lipinski definition) is 4. The maximum atomic E-state index is 13.7. The highest BCUT2D eigenvalue weighted by Gasteiger charge is 2.33. The number of halogens is 1. The second-order valence-corrected chi connectivity index (χ2v) is 5.15. The first-order valence-electron chi connectivity index (χ1n) is 6.59. The molecule has 1 aromatic heterocycles. The molecule has 0 aromatic carbocycles. The molecule has 100 valence electrons. The summed E-state index contributed by atoms with van der Waals surface area (Å²) in [5.41, 5.74) is 0. The van der Waals surface area contributed by atoms with E-state index >= 15 is 0 Å². The highest BCUT2D eigenvalue weighted by Crippen LogP contribution is 2.38. The van der Waals surface area contributed by atoms with Gasteiger partial charge in [0.1, 0.15) is 0 Å². The second kappa shape index (κ2) is 5.50. The van der Waals surface area contributed by atoms with Gasteiger partial charge in [0.15, 0.2) is 11.6 Å². The van der Waals surface area contributed by atoms with Crippen molar-refractivity contribution in [3.05, 3.63) is 12.0 Å². The molecule has 5 heteroatoms. The monoisotopic (exact) mass is 252 g/mol. The third-order valence-corrected chi connectivity index (χ3v) is 3.40. The lowest BCUT2D eigenvalue weighted by atomic mass is 10.3. The normalized spacial score (nSPS) is 21.8. The summed E-state index contributed by atoms with van der Waals surface area (Å²) < 4.78 is 13.7. The molecule has 0 bridgehead atoms. The second-order valence-electron chi connectivity index (χ2n) is 5.15. The van der Waals surface area contributed by atoms with Crippen molar-refractivity contribution in [2.24, 2.45) is 11.8 Å². The minimum Gasteiger partial charge on any atom is -0.357 e. The highest BCUT2D eigenvalue weighted by atomic mass is 19.1. The summed E-state index contributed by atoms with van der Waals surface area (Å²) in [5, 5.41) is 3.08. The van der Waals surface area contributed by atoms with E-state index in [1.165, 1.54) is 12.6 Å². The molecule has 0 aliphatic heterocycles. The average Bonchev–Trinajstić information content (AvgIpc) is 3.03. The Morgan fingerprint density at radius 3 is 2.89 bits per heavy atom. The van der Waals surface area contributed by atoms with Crippen LogP contribution in [0.1, 0.15) is 26.7 Å². The van der Waals surface area contributed by atoms with Gasteiger partial charge < -0.3 is 10.2 Å². The van der Waals surface area contributed by atoms with Gasteiger partial charge in [0, 0.05) is 20.1 Å². The third-order valence-electron chi connectivity index (χ3n) is 3.40. The van der Waals surface area contributed by atoms with Crippen LogP contribution in [0.15, 0.2) is 6.20 Å². The predicted molar refractivity (Wildman–Crippen MR) is 71.3 cm³/mol. The minimum atomic E-state index is -0.354. The lowest BCUT2D eigenvalue weighted by Gasteiger charge is -2.19. The SMILES string of the molecule is CCCNc1ncc(F)c(N(C)CC2CC2C)n1. The molecule has 1 aliphatic carbocycles. The van der Waals surface area contributed by atoms with E-state index < -0.39 is 0 Å². The average molecular weight is 252 g/mol. The number of anilines is 2. The van der Waals surface area contributed by atoms with Crippen LogP contribution in [0.2, 0.25) is 0 Å². The first-order valence-corrected chi connectivity index (χ1v) is 6.59. The van der Waals surface area contributed by atoms with E-state index in [1.807, 2.05) is 11.9 Å². The molecule has 2 unspecified atom stereocenters. The topological polar surface area (TPSA) is 41.1 Å². The summed E-state index contributed by atoms with van der Waals surface area (Å²) in [6.07, 6.45) is 3.47. The van der Waals surface area contributed by atoms with Crippen LogP contribution in [0.4, 0.5) is 16.2 Å². The lowest BCUT2D eigenvalue weighted by molar-refractivity contribution is 0.601. The van der Waals surface area contributed by atoms with Crippen LogP contribution in [0, 0.1) is 17.7 Å². The fraction of sp³-hybridized carbons (Fsp3) is 0.692. The Balaban J connectivity index is 2.04. The molecule has 0 saturated heterocycles. The molecule has 0 amide bonds. The van der Waals surface area contributed by atoms with Crippen molar-refractivity contribution in [2.75, 3.05) is 30.4 Å². The number of nitrogens with zero attached hydrogens (tertiary/aromatic N) is 3. The molecule has 2 atom stereocenters. The van der Waals surface area contributed by atoms with E-state index in [9.17, 15) is 4.39 Å². The Morgan fingerprint density at radius 2 is 2.28 bits per heavy atom. The molecule has 2 rings (SSSR count). The molecule has 4 nitrogen and oxygen atoms in total. The van der Waals surface area contributed by atoms with E-state index in [2.05, 4.69) is 29.1 Å². The van der Waals surface area contributed by atoms with Gasteiger partial charge in [-0.25, -0.2) is 9.37 Å². The molecule has 1 fully saturated rings. The van der Waals surface area contributed by atoms with E-state index in [1.54, 1.807) is 0 Å². The van der Waals surface area contributed by atoms with Crippen molar-refractivity contribution in [3.63, 3.8) is 0 Å². The summed E-state index contributed by atoms with van der Waals surface area (Å²) in [5.74, 6) is 1.98. The van der Waals surface area contributed by atoms with Gasteiger partial charge in [-0.15, -0.1) is 0 Å². The van der Waals surface area contributed by atoms with Gasteiger partial charge in [0.2, 0.25) is 5.95 Å². The van der Waals surface area contributed by atoms with Gasteiger partial charge in [-0.05, 0) is 24.7 Å². The zero-order chi connectivity index (χ0) is 13.1. The predicted octanol–water partition coefficient (Wildman–Crippen LogP) is 2.53.